The largest absolute Gasteiger partial charge is 0.500 e. The van der Waals surface area contributed by atoms with E-state index in [-0.39, 0.29) is 0 Å². The molecule has 1 aromatic carbocycles. The van der Waals surface area contributed by atoms with Crippen molar-refractivity contribution < 1.29 is 13.3 Å². The standard InChI is InChI=1S/C14H23ClO3Si/c1-16-19(17-2,18-3)11-5-4-6-13-7-9-14(12-15)10-8-13/h7-10H,4-6,11-12H2,1-3H3. The first kappa shape index (κ1) is 16.7. The number of benzene rings is 1. The summed E-state index contributed by atoms with van der Waals surface area (Å²) in [5.41, 5.74) is 2.50. The van der Waals surface area contributed by atoms with E-state index in [4.69, 9.17) is 24.9 Å². The Morgan fingerprint density at radius 3 is 1.89 bits per heavy atom. The predicted octanol–water partition coefficient (Wildman–Crippen LogP) is 3.63. The Bertz CT molecular complexity index is 344. The molecule has 0 amide bonds. The molecule has 0 fully saturated rings. The summed E-state index contributed by atoms with van der Waals surface area (Å²) < 4.78 is 16.2. The number of hydrogen-bond donors (Lipinski definition) is 0. The van der Waals surface area contributed by atoms with Crippen molar-refractivity contribution >= 4 is 20.4 Å². The number of hydrogen-bond acceptors (Lipinski definition) is 3. The van der Waals surface area contributed by atoms with Crippen LogP contribution in [0.5, 0.6) is 0 Å². The van der Waals surface area contributed by atoms with Crippen molar-refractivity contribution in [2.45, 2.75) is 31.2 Å². The van der Waals surface area contributed by atoms with Gasteiger partial charge in [-0.1, -0.05) is 24.3 Å². The molecular weight excluding hydrogens is 280 g/mol. The Balaban J connectivity index is 2.33. The van der Waals surface area contributed by atoms with E-state index in [9.17, 15) is 0 Å². The molecule has 0 aromatic heterocycles. The molecule has 0 aliphatic heterocycles. The molecule has 3 nitrogen and oxygen atoms in total. The average molecular weight is 303 g/mol. The van der Waals surface area contributed by atoms with E-state index in [1.165, 1.54) is 5.56 Å². The highest BCUT2D eigenvalue weighted by Crippen LogP contribution is 2.18. The number of rotatable bonds is 9. The van der Waals surface area contributed by atoms with Crippen molar-refractivity contribution in [3.63, 3.8) is 0 Å². The molecule has 0 atom stereocenters. The number of aryl methyl sites for hydroxylation is 1. The van der Waals surface area contributed by atoms with Gasteiger partial charge in [0.15, 0.2) is 0 Å². The predicted molar refractivity (Wildman–Crippen MR) is 80.5 cm³/mol. The minimum absolute atomic E-state index is 0.573. The van der Waals surface area contributed by atoms with Gasteiger partial charge in [-0.2, -0.15) is 0 Å². The van der Waals surface area contributed by atoms with E-state index in [2.05, 4.69) is 24.3 Å². The molecule has 0 bridgehead atoms. The molecule has 0 N–H and O–H groups in total. The molecule has 0 aliphatic carbocycles. The smallest absolute Gasteiger partial charge is 0.377 e. The summed E-state index contributed by atoms with van der Waals surface area (Å²) in [6, 6.07) is 9.31. The van der Waals surface area contributed by atoms with Gasteiger partial charge in [-0.05, 0) is 30.4 Å². The lowest BCUT2D eigenvalue weighted by Gasteiger charge is -2.24. The Kier molecular flexibility index (Phi) is 7.64. The molecule has 0 unspecified atom stereocenters. The first-order valence-electron chi connectivity index (χ1n) is 6.49. The topological polar surface area (TPSA) is 27.7 Å². The fourth-order valence-corrected chi connectivity index (χ4v) is 4.00. The molecule has 5 heteroatoms. The highest BCUT2D eigenvalue weighted by atomic mass is 35.5. The molecule has 0 spiro atoms. The van der Waals surface area contributed by atoms with Crippen molar-refractivity contribution in [1.29, 1.82) is 0 Å². The minimum Gasteiger partial charge on any atom is -0.377 e. The van der Waals surface area contributed by atoms with E-state index >= 15 is 0 Å². The van der Waals surface area contributed by atoms with Crippen LogP contribution in [-0.2, 0) is 25.6 Å². The van der Waals surface area contributed by atoms with Crippen molar-refractivity contribution in [1.82, 2.24) is 0 Å². The molecule has 0 aliphatic rings. The fourth-order valence-electron chi connectivity index (χ4n) is 2.02. The molecule has 0 saturated heterocycles. The lowest BCUT2D eigenvalue weighted by molar-refractivity contribution is 0.123. The molecule has 0 heterocycles. The van der Waals surface area contributed by atoms with Gasteiger partial charge in [0, 0.05) is 33.3 Å². The lowest BCUT2D eigenvalue weighted by Crippen LogP contribution is -2.42. The number of halogens is 1. The third-order valence-electron chi connectivity index (χ3n) is 3.31. The minimum atomic E-state index is -2.39. The number of alkyl halides is 1. The van der Waals surface area contributed by atoms with Gasteiger partial charge < -0.3 is 13.3 Å². The maximum atomic E-state index is 5.77. The van der Waals surface area contributed by atoms with Gasteiger partial charge in [0.05, 0.1) is 0 Å². The summed E-state index contributed by atoms with van der Waals surface area (Å²) in [4.78, 5) is 0. The van der Waals surface area contributed by atoms with Crippen LogP contribution in [-0.4, -0.2) is 30.1 Å². The van der Waals surface area contributed by atoms with Crippen molar-refractivity contribution in [3.05, 3.63) is 35.4 Å². The third-order valence-corrected chi connectivity index (χ3v) is 6.45. The summed E-state index contributed by atoms with van der Waals surface area (Å²) in [6.07, 6.45) is 3.20. The second-order valence-corrected chi connectivity index (χ2v) is 7.81. The van der Waals surface area contributed by atoms with Crippen LogP contribution in [0.1, 0.15) is 24.0 Å². The maximum Gasteiger partial charge on any atom is 0.500 e. The van der Waals surface area contributed by atoms with Gasteiger partial charge in [-0.15, -0.1) is 11.6 Å². The highest BCUT2D eigenvalue weighted by molar-refractivity contribution is 6.60. The Morgan fingerprint density at radius 1 is 0.895 bits per heavy atom. The third kappa shape index (κ3) is 5.24. The highest BCUT2D eigenvalue weighted by Gasteiger charge is 2.36. The Morgan fingerprint density at radius 2 is 1.42 bits per heavy atom. The maximum absolute atomic E-state index is 5.77. The van der Waals surface area contributed by atoms with Crippen LogP contribution in [0.3, 0.4) is 0 Å². The summed E-state index contributed by atoms with van der Waals surface area (Å²) in [6.45, 7) is 0. The number of unbranched alkanes of at least 4 members (excludes halogenated alkanes) is 1. The molecule has 108 valence electrons. The van der Waals surface area contributed by atoms with E-state index in [0.29, 0.717) is 5.88 Å². The van der Waals surface area contributed by atoms with Crippen LogP contribution < -0.4 is 0 Å². The molecule has 1 aromatic rings. The quantitative estimate of drug-likeness (QED) is 0.396. The fraction of sp³-hybridized carbons (Fsp3) is 0.571. The average Bonchev–Trinajstić information content (AvgIpc) is 2.49. The second kappa shape index (κ2) is 8.71. The molecule has 1 rings (SSSR count). The van der Waals surface area contributed by atoms with Crippen molar-refractivity contribution in [2.75, 3.05) is 21.3 Å². The van der Waals surface area contributed by atoms with Gasteiger partial charge >= 0.3 is 8.80 Å². The van der Waals surface area contributed by atoms with E-state index < -0.39 is 8.80 Å². The van der Waals surface area contributed by atoms with Crippen LogP contribution in [0.15, 0.2) is 24.3 Å². The Labute approximate surface area is 122 Å². The van der Waals surface area contributed by atoms with Gasteiger partial charge in [-0.3, -0.25) is 0 Å². The first-order chi connectivity index (χ1) is 9.19. The van der Waals surface area contributed by atoms with Crippen molar-refractivity contribution in [3.8, 4) is 0 Å². The molecule has 19 heavy (non-hydrogen) atoms. The van der Waals surface area contributed by atoms with Gasteiger partial charge in [0.2, 0.25) is 0 Å². The van der Waals surface area contributed by atoms with Crippen LogP contribution in [0.2, 0.25) is 6.04 Å². The Hall–Kier alpha value is -0.393. The monoisotopic (exact) mass is 302 g/mol. The molecular formula is C14H23ClO3Si. The zero-order valence-electron chi connectivity index (χ0n) is 11.9. The van der Waals surface area contributed by atoms with Gasteiger partial charge in [-0.25, -0.2) is 0 Å². The van der Waals surface area contributed by atoms with E-state index in [0.717, 1.165) is 30.9 Å². The van der Waals surface area contributed by atoms with Crippen molar-refractivity contribution in [2.24, 2.45) is 0 Å². The first-order valence-corrected chi connectivity index (χ1v) is 8.95. The van der Waals surface area contributed by atoms with Gasteiger partial charge in [0.25, 0.3) is 0 Å². The lowest BCUT2D eigenvalue weighted by atomic mass is 10.1. The normalized spacial score (nSPS) is 11.8. The summed E-state index contributed by atoms with van der Waals surface area (Å²) in [7, 11) is 2.58. The van der Waals surface area contributed by atoms with E-state index in [1.54, 1.807) is 21.3 Å². The summed E-state index contributed by atoms with van der Waals surface area (Å²) in [5, 5.41) is 0. The summed E-state index contributed by atoms with van der Waals surface area (Å²) in [5.74, 6) is 0.573. The molecule has 0 saturated carbocycles. The van der Waals surface area contributed by atoms with Gasteiger partial charge in [0.1, 0.15) is 0 Å². The zero-order chi connectivity index (χ0) is 14.1. The van der Waals surface area contributed by atoms with E-state index in [1.807, 2.05) is 0 Å². The second-order valence-electron chi connectivity index (χ2n) is 4.45. The van der Waals surface area contributed by atoms with Crippen LogP contribution in [0, 0.1) is 0 Å². The van der Waals surface area contributed by atoms with Crippen LogP contribution in [0.25, 0.3) is 0 Å². The summed E-state index contributed by atoms with van der Waals surface area (Å²) >= 11 is 5.77. The molecule has 0 radical (unpaired) electrons. The SMILES string of the molecule is CO[Si](CCCCc1ccc(CCl)cc1)(OC)OC. The zero-order valence-corrected chi connectivity index (χ0v) is 13.7. The van der Waals surface area contributed by atoms with Crippen LogP contribution in [0.4, 0.5) is 0 Å². The van der Waals surface area contributed by atoms with Crippen LogP contribution >= 0.6 is 11.6 Å².